The third-order valence-corrected chi connectivity index (χ3v) is 6.51. The molecule has 1 aromatic rings. The van der Waals surface area contributed by atoms with Gasteiger partial charge in [-0.2, -0.15) is 0 Å². The van der Waals surface area contributed by atoms with Crippen molar-refractivity contribution in [2.45, 2.75) is 12.8 Å². The SMILES string of the molecule is I[I-]c1cccc2c1CCCN2. The molecule has 0 saturated carbocycles. The molecule has 0 atom stereocenters. The van der Waals surface area contributed by atoms with Crippen molar-refractivity contribution in [3.05, 3.63) is 27.3 Å². The Bertz CT molecular complexity index is 272. The molecule has 2 rings (SSSR count). The van der Waals surface area contributed by atoms with Gasteiger partial charge >= 0.3 is 93.6 Å². The third kappa shape index (κ3) is 1.71. The van der Waals surface area contributed by atoms with Crippen LogP contribution in [0.25, 0.3) is 0 Å². The minimum absolute atomic E-state index is 0.222. The summed E-state index contributed by atoms with van der Waals surface area (Å²) in [6.45, 7) is 1.15. The van der Waals surface area contributed by atoms with Crippen LogP contribution in [-0.4, -0.2) is 6.54 Å². The van der Waals surface area contributed by atoms with Gasteiger partial charge in [-0.1, -0.05) is 0 Å². The summed E-state index contributed by atoms with van der Waals surface area (Å²) < 4.78 is 1.61. The first kappa shape index (κ1) is 9.05. The monoisotopic (exact) mass is 386 g/mol. The number of nitrogens with one attached hydrogen (secondary N) is 1. The van der Waals surface area contributed by atoms with E-state index in [0.29, 0.717) is 0 Å². The molecule has 0 saturated heterocycles. The number of hydrogen-bond donors (Lipinski definition) is 1. The van der Waals surface area contributed by atoms with Crippen LogP contribution in [0.2, 0.25) is 0 Å². The zero-order chi connectivity index (χ0) is 8.39. The summed E-state index contributed by atoms with van der Waals surface area (Å²) in [7, 11) is 0. The molecule has 0 bridgehead atoms. The van der Waals surface area contributed by atoms with E-state index < -0.39 is 0 Å². The summed E-state index contributed by atoms with van der Waals surface area (Å²) >= 11 is 2.76. The maximum absolute atomic E-state index is 3.45. The van der Waals surface area contributed by atoms with Crippen molar-refractivity contribution in [3.63, 3.8) is 0 Å². The van der Waals surface area contributed by atoms with Crippen LogP contribution in [0.15, 0.2) is 18.2 Å². The molecule has 1 nitrogen and oxygen atoms in total. The second-order valence-corrected chi connectivity index (χ2v) is 7.17. The van der Waals surface area contributed by atoms with Gasteiger partial charge in [0.05, 0.1) is 0 Å². The van der Waals surface area contributed by atoms with E-state index in [-0.39, 0.29) is 17.2 Å². The molecule has 0 fully saturated rings. The van der Waals surface area contributed by atoms with E-state index in [1.807, 2.05) is 0 Å². The first-order chi connectivity index (χ1) is 5.92. The topological polar surface area (TPSA) is 12.0 Å². The Morgan fingerprint density at radius 3 is 3.17 bits per heavy atom. The summed E-state index contributed by atoms with van der Waals surface area (Å²) in [5, 5.41) is 3.45. The standard InChI is InChI=1S/C9H10I2N/c10-11-8-4-1-5-9-7(8)3-2-6-12-9/h1,4-5,12H,2-3,6H2/q-1. The van der Waals surface area contributed by atoms with Crippen LogP contribution in [-0.2, 0) is 6.42 Å². The number of benzene rings is 1. The molecule has 1 heterocycles. The van der Waals surface area contributed by atoms with Crippen molar-refractivity contribution in [2.75, 3.05) is 11.9 Å². The zero-order valence-electron chi connectivity index (χ0n) is 6.61. The quantitative estimate of drug-likeness (QED) is 0.652. The second-order valence-electron chi connectivity index (χ2n) is 2.87. The van der Waals surface area contributed by atoms with Crippen LogP contribution in [0, 0.1) is 3.57 Å². The maximum atomic E-state index is 3.45. The van der Waals surface area contributed by atoms with Crippen molar-refractivity contribution in [1.82, 2.24) is 0 Å². The van der Waals surface area contributed by atoms with Crippen molar-refractivity contribution in [1.29, 1.82) is 0 Å². The first-order valence-corrected chi connectivity index (χ1v) is 11.4. The van der Waals surface area contributed by atoms with Gasteiger partial charge in [0.25, 0.3) is 0 Å². The van der Waals surface area contributed by atoms with Crippen molar-refractivity contribution >= 4 is 24.3 Å². The number of halogens is 2. The normalized spacial score (nSPS) is 15.4. The summed E-state index contributed by atoms with van der Waals surface area (Å²) in [5.41, 5.74) is 2.97. The second kappa shape index (κ2) is 4.13. The number of anilines is 1. The fraction of sp³-hybridized carbons (Fsp3) is 0.333. The Morgan fingerprint density at radius 1 is 1.42 bits per heavy atom. The molecule has 1 aliphatic rings. The Morgan fingerprint density at radius 2 is 2.33 bits per heavy atom. The number of fused-ring (bicyclic) bond motifs is 1. The molecular weight excluding hydrogens is 376 g/mol. The molecule has 0 spiro atoms. The summed E-state index contributed by atoms with van der Waals surface area (Å²) in [6, 6.07) is 6.66. The minimum atomic E-state index is 0.222. The van der Waals surface area contributed by atoms with Crippen LogP contribution in [0.4, 0.5) is 5.69 Å². The van der Waals surface area contributed by atoms with E-state index in [1.54, 1.807) is 9.13 Å². The van der Waals surface area contributed by atoms with Gasteiger partial charge in [0, 0.05) is 0 Å². The van der Waals surface area contributed by atoms with Gasteiger partial charge in [-0.15, -0.1) is 0 Å². The van der Waals surface area contributed by atoms with Gasteiger partial charge in [-0.3, -0.25) is 0 Å². The fourth-order valence-corrected chi connectivity index (χ4v) is 5.25. The summed E-state index contributed by atoms with van der Waals surface area (Å²) in [5.74, 6) is 0. The molecule has 0 aliphatic carbocycles. The van der Waals surface area contributed by atoms with Gasteiger partial charge in [-0.05, 0) is 0 Å². The van der Waals surface area contributed by atoms with Crippen molar-refractivity contribution in [2.24, 2.45) is 0 Å². The van der Waals surface area contributed by atoms with Gasteiger partial charge in [0.1, 0.15) is 0 Å². The van der Waals surface area contributed by atoms with E-state index >= 15 is 0 Å². The van der Waals surface area contributed by atoms with E-state index in [2.05, 4.69) is 42.1 Å². The Kier molecular flexibility index (Phi) is 3.11. The van der Waals surface area contributed by atoms with E-state index in [9.17, 15) is 0 Å². The zero-order valence-corrected chi connectivity index (χ0v) is 10.9. The van der Waals surface area contributed by atoms with Crippen LogP contribution in [0.5, 0.6) is 0 Å². The van der Waals surface area contributed by atoms with Gasteiger partial charge < -0.3 is 0 Å². The van der Waals surface area contributed by atoms with Crippen LogP contribution < -0.4 is 22.5 Å². The molecule has 1 aromatic carbocycles. The molecular formula is C9H10I2N-. The average Bonchev–Trinajstić information content (AvgIpc) is 2.17. The first-order valence-electron chi connectivity index (χ1n) is 4.03. The molecule has 0 aromatic heterocycles. The molecule has 12 heavy (non-hydrogen) atoms. The molecule has 66 valence electrons. The van der Waals surface area contributed by atoms with Gasteiger partial charge in [0.2, 0.25) is 0 Å². The van der Waals surface area contributed by atoms with Gasteiger partial charge in [-0.25, -0.2) is 0 Å². The predicted molar refractivity (Wildman–Crippen MR) is 56.0 cm³/mol. The van der Waals surface area contributed by atoms with Crippen LogP contribution in [0.3, 0.4) is 0 Å². The molecule has 0 amide bonds. The van der Waals surface area contributed by atoms with Crippen LogP contribution >= 0.6 is 18.6 Å². The Balaban J connectivity index is 2.44. The number of hydrogen-bond acceptors (Lipinski definition) is 1. The van der Waals surface area contributed by atoms with E-state index in [4.69, 9.17) is 0 Å². The van der Waals surface area contributed by atoms with Gasteiger partial charge in [0.15, 0.2) is 0 Å². The molecule has 3 heteroatoms. The predicted octanol–water partition coefficient (Wildman–Crippen LogP) is -0.347. The molecule has 1 aliphatic heterocycles. The van der Waals surface area contributed by atoms with Crippen LogP contribution in [0.1, 0.15) is 12.0 Å². The summed E-state index contributed by atoms with van der Waals surface area (Å²) in [4.78, 5) is 0. The Labute approximate surface area is 92.8 Å². The summed E-state index contributed by atoms with van der Waals surface area (Å²) in [6.07, 6.45) is 2.58. The molecule has 0 unspecified atom stereocenters. The van der Waals surface area contributed by atoms with Crippen molar-refractivity contribution < 1.29 is 17.2 Å². The van der Waals surface area contributed by atoms with E-state index in [0.717, 1.165) is 6.54 Å². The fourth-order valence-electron chi connectivity index (χ4n) is 1.53. The van der Waals surface area contributed by atoms with Crippen molar-refractivity contribution in [3.8, 4) is 0 Å². The molecule has 0 radical (unpaired) electrons. The number of rotatable bonds is 1. The third-order valence-electron chi connectivity index (χ3n) is 2.11. The Hall–Kier alpha value is 0.480. The van der Waals surface area contributed by atoms with E-state index in [1.165, 1.54) is 18.5 Å². The molecule has 1 N–H and O–H groups in total. The average molecular weight is 386 g/mol.